The second kappa shape index (κ2) is 4.47. The molecule has 17 heavy (non-hydrogen) atoms. The van der Waals surface area contributed by atoms with Crippen LogP contribution in [0.4, 0.5) is 6.01 Å². The van der Waals surface area contributed by atoms with Crippen LogP contribution in [-0.4, -0.2) is 29.0 Å². The Bertz CT molecular complexity index is 400. The summed E-state index contributed by atoms with van der Waals surface area (Å²) >= 11 is 0. The van der Waals surface area contributed by atoms with Crippen molar-refractivity contribution in [2.24, 2.45) is 0 Å². The minimum absolute atomic E-state index is 0.313. The molecule has 1 aliphatic carbocycles. The van der Waals surface area contributed by atoms with Gasteiger partial charge in [-0.2, -0.15) is 4.98 Å². The molecule has 0 aromatic carbocycles. The van der Waals surface area contributed by atoms with Gasteiger partial charge in [0, 0.05) is 31.8 Å². The van der Waals surface area contributed by atoms with E-state index in [4.69, 9.17) is 4.52 Å². The summed E-state index contributed by atoms with van der Waals surface area (Å²) in [7, 11) is 0. The van der Waals surface area contributed by atoms with Crippen LogP contribution in [0.3, 0.4) is 0 Å². The fourth-order valence-electron chi connectivity index (χ4n) is 2.63. The molecular weight excluding hydrogens is 218 g/mol. The van der Waals surface area contributed by atoms with Gasteiger partial charge in [-0.05, 0) is 25.7 Å². The van der Waals surface area contributed by atoms with Gasteiger partial charge in [0.25, 0.3) is 0 Å². The van der Waals surface area contributed by atoms with E-state index in [9.17, 15) is 4.79 Å². The van der Waals surface area contributed by atoms with Crippen molar-refractivity contribution in [3.05, 3.63) is 5.82 Å². The number of anilines is 1. The topological polar surface area (TPSA) is 59.2 Å². The van der Waals surface area contributed by atoms with Crippen molar-refractivity contribution >= 4 is 11.8 Å². The van der Waals surface area contributed by atoms with Crippen molar-refractivity contribution in [3.63, 3.8) is 0 Å². The average molecular weight is 235 g/mol. The van der Waals surface area contributed by atoms with E-state index < -0.39 is 0 Å². The molecule has 0 atom stereocenters. The Morgan fingerprint density at radius 2 is 1.88 bits per heavy atom. The second-order valence-electron chi connectivity index (χ2n) is 4.94. The number of aromatic nitrogens is 2. The van der Waals surface area contributed by atoms with Gasteiger partial charge in [0.1, 0.15) is 5.78 Å². The first-order chi connectivity index (χ1) is 8.33. The maximum absolute atomic E-state index is 11.2. The molecule has 1 saturated heterocycles. The average Bonchev–Trinajstić information content (AvgIpc) is 3.00. The highest BCUT2D eigenvalue weighted by Gasteiger charge is 2.26. The number of hydrogen-bond acceptors (Lipinski definition) is 5. The first kappa shape index (κ1) is 10.7. The van der Waals surface area contributed by atoms with Gasteiger partial charge in [-0.1, -0.05) is 5.16 Å². The molecule has 0 spiro atoms. The lowest BCUT2D eigenvalue weighted by Gasteiger charge is -2.17. The third-order valence-electron chi connectivity index (χ3n) is 3.72. The molecule has 2 fully saturated rings. The van der Waals surface area contributed by atoms with Crippen LogP contribution in [0.1, 0.15) is 50.3 Å². The smallest absolute Gasteiger partial charge is 0.324 e. The van der Waals surface area contributed by atoms with Crippen molar-refractivity contribution in [1.29, 1.82) is 0 Å². The van der Waals surface area contributed by atoms with Crippen LogP contribution in [0.25, 0.3) is 0 Å². The molecule has 3 rings (SSSR count). The van der Waals surface area contributed by atoms with Crippen LogP contribution in [0.15, 0.2) is 4.52 Å². The van der Waals surface area contributed by atoms with Crippen LogP contribution in [0.5, 0.6) is 0 Å². The number of rotatable bonds is 2. The Hall–Kier alpha value is -1.39. The minimum atomic E-state index is 0.313. The van der Waals surface area contributed by atoms with Crippen molar-refractivity contribution in [3.8, 4) is 0 Å². The Balaban J connectivity index is 1.69. The first-order valence-electron chi connectivity index (χ1n) is 6.43. The number of Topliss-reactive ketones (excluding diaryl/α,β-unsaturated/α-hetero) is 1. The van der Waals surface area contributed by atoms with Crippen molar-refractivity contribution in [1.82, 2.24) is 10.1 Å². The predicted molar refractivity (Wildman–Crippen MR) is 62.0 cm³/mol. The molecule has 1 aliphatic heterocycles. The quantitative estimate of drug-likeness (QED) is 0.783. The summed E-state index contributed by atoms with van der Waals surface area (Å²) in [4.78, 5) is 17.8. The lowest BCUT2D eigenvalue weighted by Crippen LogP contribution is -2.18. The van der Waals surface area contributed by atoms with E-state index in [1.165, 1.54) is 12.8 Å². The number of nitrogens with zero attached hydrogens (tertiary/aromatic N) is 3. The van der Waals surface area contributed by atoms with Gasteiger partial charge in [-0.3, -0.25) is 4.79 Å². The van der Waals surface area contributed by atoms with E-state index >= 15 is 0 Å². The molecule has 0 N–H and O–H groups in total. The lowest BCUT2D eigenvalue weighted by molar-refractivity contribution is -0.120. The second-order valence-corrected chi connectivity index (χ2v) is 4.94. The molecule has 0 bridgehead atoms. The van der Waals surface area contributed by atoms with Crippen LogP contribution in [0, 0.1) is 0 Å². The van der Waals surface area contributed by atoms with E-state index in [0.29, 0.717) is 30.6 Å². The molecule has 2 aliphatic rings. The first-order valence-corrected chi connectivity index (χ1v) is 6.43. The molecule has 5 nitrogen and oxygen atoms in total. The Morgan fingerprint density at radius 3 is 2.59 bits per heavy atom. The molecule has 5 heteroatoms. The van der Waals surface area contributed by atoms with Crippen LogP contribution >= 0.6 is 0 Å². The highest BCUT2D eigenvalue weighted by molar-refractivity contribution is 5.79. The summed E-state index contributed by atoms with van der Waals surface area (Å²) < 4.78 is 5.31. The van der Waals surface area contributed by atoms with Gasteiger partial charge in [0.15, 0.2) is 5.82 Å². The van der Waals surface area contributed by atoms with E-state index in [1.54, 1.807) is 0 Å². The van der Waals surface area contributed by atoms with Crippen LogP contribution in [0.2, 0.25) is 0 Å². The fraction of sp³-hybridized carbons (Fsp3) is 0.750. The van der Waals surface area contributed by atoms with E-state index in [2.05, 4.69) is 15.0 Å². The summed E-state index contributed by atoms with van der Waals surface area (Å²) in [5.41, 5.74) is 0. The Kier molecular flexibility index (Phi) is 2.82. The molecule has 2 heterocycles. The SMILES string of the molecule is O=C1CCC(c2noc(N3CCCC3)n2)CC1. The van der Waals surface area contributed by atoms with E-state index in [1.807, 2.05) is 0 Å². The van der Waals surface area contributed by atoms with Crippen molar-refractivity contribution in [2.75, 3.05) is 18.0 Å². The van der Waals surface area contributed by atoms with E-state index in [-0.39, 0.29) is 0 Å². The summed E-state index contributed by atoms with van der Waals surface area (Å²) in [6.45, 7) is 2.04. The largest absolute Gasteiger partial charge is 0.324 e. The van der Waals surface area contributed by atoms with Crippen molar-refractivity contribution < 1.29 is 9.32 Å². The summed E-state index contributed by atoms with van der Waals surface area (Å²) in [5.74, 6) is 1.47. The maximum atomic E-state index is 11.2. The van der Waals surface area contributed by atoms with Gasteiger partial charge in [-0.15, -0.1) is 0 Å². The summed E-state index contributed by atoms with van der Waals surface area (Å²) in [6.07, 6.45) is 5.48. The highest BCUT2D eigenvalue weighted by atomic mass is 16.5. The molecule has 0 unspecified atom stereocenters. The molecule has 1 aromatic heterocycles. The number of hydrogen-bond donors (Lipinski definition) is 0. The zero-order valence-corrected chi connectivity index (χ0v) is 9.89. The molecule has 0 radical (unpaired) electrons. The highest BCUT2D eigenvalue weighted by Crippen LogP contribution is 2.30. The number of ketones is 1. The molecule has 1 saturated carbocycles. The molecule has 92 valence electrons. The summed E-state index contributed by atoms with van der Waals surface area (Å²) in [6, 6.07) is 0.661. The van der Waals surface area contributed by atoms with Gasteiger partial charge in [0.2, 0.25) is 0 Å². The lowest BCUT2D eigenvalue weighted by atomic mass is 9.88. The van der Waals surface area contributed by atoms with Crippen LogP contribution in [-0.2, 0) is 4.79 Å². The van der Waals surface area contributed by atoms with Gasteiger partial charge >= 0.3 is 6.01 Å². The monoisotopic (exact) mass is 235 g/mol. The van der Waals surface area contributed by atoms with Crippen LogP contribution < -0.4 is 4.90 Å². The van der Waals surface area contributed by atoms with Crippen molar-refractivity contribution in [2.45, 2.75) is 44.4 Å². The third-order valence-corrected chi connectivity index (χ3v) is 3.72. The molecule has 0 amide bonds. The third kappa shape index (κ3) is 2.18. The summed E-state index contributed by atoms with van der Waals surface area (Å²) in [5, 5.41) is 4.07. The zero-order chi connectivity index (χ0) is 11.7. The number of carbonyl (C=O) groups is 1. The zero-order valence-electron chi connectivity index (χ0n) is 9.89. The molecular formula is C12H17N3O2. The predicted octanol–water partition coefficient (Wildman–Crippen LogP) is 1.90. The molecule has 1 aromatic rings. The fourth-order valence-corrected chi connectivity index (χ4v) is 2.63. The van der Waals surface area contributed by atoms with Gasteiger partial charge in [-0.25, -0.2) is 0 Å². The number of carbonyl (C=O) groups excluding carboxylic acids is 1. The minimum Gasteiger partial charge on any atom is -0.324 e. The standard InChI is InChI=1S/C12H17N3O2/c16-10-5-3-9(4-6-10)11-13-12(17-14-11)15-7-1-2-8-15/h9H,1-8H2. The normalized spacial score (nSPS) is 22.4. The van der Waals surface area contributed by atoms with Gasteiger partial charge in [0.05, 0.1) is 0 Å². The Labute approximate surface area is 100 Å². The van der Waals surface area contributed by atoms with E-state index in [0.717, 1.165) is 31.8 Å². The Morgan fingerprint density at radius 1 is 1.18 bits per heavy atom. The van der Waals surface area contributed by atoms with Gasteiger partial charge < -0.3 is 9.42 Å². The maximum Gasteiger partial charge on any atom is 0.324 e.